The molecular weight excluding hydrogens is 228 g/mol. The van der Waals surface area contributed by atoms with Crippen molar-refractivity contribution >= 4 is 17.6 Å². The van der Waals surface area contributed by atoms with Crippen molar-refractivity contribution in [3.63, 3.8) is 0 Å². The van der Waals surface area contributed by atoms with E-state index in [1.165, 1.54) is 0 Å². The molecule has 0 aliphatic rings. The van der Waals surface area contributed by atoms with Crippen LogP contribution in [0.15, 0.2) is 28.7 Å². The van der Waals surface area contributed by atoms with Gasteiger partial charge >= 0.3 is 6.01 Å². The van der Waals surface area contributed by atoms with Gasteiger partial charge in [0.15, 0.2) is 0 Å². The number of nitrogens with one attached hydrogen (secondary N) is 1. The van der Waals surface area contributed by atoms with Crippen molar-refractivity contribution in [2.24, 2.45) is 5.84 Å². The summed E-state index contributed by atoms with van der Waals surface area (Å²) in [6, 6.07) is 7.89. The SMILES string of the molecule is NNc1nnc(CCc2ccccc2Cl)o1. The van der Waals surface area contributed by atoms with Gasteiger partial charge in [0, 0.05) is 11.4 Å². The van der Waals surface area contributed by atoms with E-state index in [2.05, 4.69) is 15.6 Å². The van der Waals surface area contributed by atoms with E-state index >= 15 is 0 Å². The van der Waals surface area contributed by atoms with E-state index in [9.17, 15) is 0 Å². The summed E-state index contributed by atoms with van der Waals surface area (Å²) < 4.78 is 5.19. The minimum Gasteiger partial charge on any atom is -0.407 e. The molecule has 0 saturated heterocycles. The van der Waals surface area contributed by atoms with Crippen LogP contribution in [-0.2, 0) is 12.8 Å². The molecule has 0 aliphatic carbocycles. The molecule has 1 aromatic carbocycles. The number of nitrogens with zero attached hydrogens (tertiary/aromatic N) is 2. The van der Waals surface area contributed by atoms with Crippen LogP contribution < -0.4 is 11.3 Å². The molecule has 2 aromatic rings. The van der Waals surface area contributed by atoms with Crippen LogP contribution in [0.4, 0.5) is 6.01 Å². The van der Waals surface area contributed by atoms with Gasteiger partial charge in [-0.2, -0.15) is 0 Å². The minimum absolute atomic E-state index is 0.217. The number of hydrazine groups is 1. The monoisotopic (exact) mass is 238 g/mol. The third-order valence-electron chi connectivity index (χ3n) is 2.16. The molecule has 0 bridgehead atoms. The molecule has 0 aliphatic heterocycles. The van der Waals surface area contributed by atoms with Gasteiger partial charge in [0.05, 0.1) is 0 Å². The maximum Gasteiger partial charge on any atom is 0.330 e. The number of anilines is 1. The van der Waals surface area contributed by atoms with Crippen LogP contribution in [-0.4, -0.2) is 10.2 Å². The molecule has 0 unspecified atom stereocenters. The molecule has 5 nitrogen and oxygen atoms in total. The van der Waals surface area contributed by atoms with Gasteiger partial charge in [-0.25, -0.2) is 5.84 Å². The van der Waals surface area contributed by atoms with Crippen LogP contribution in [0.3, 0.4) is 0 Å². The zero-order valence-electron chi connectivity index (χ0n) is 8.48. The number of halogens is 1. The highest BCUT2D eigenvalue weighted by Crippen LogP contribution is 2.17. The molecule has 1 heterocycles. The highest BCUT2D eigenvalue weighted by atomic mass is 35.5. The summed E-state index contributed by atoms with van der Waals surface area (Å²) >= 11 is 6.02. The van der Waals surface area contributed by atoms with Crippen molar-refractivity contribution in [3.8, 4) is 0 Å². The average molecular weight is 239 g/mol. The van der Waals surface area contributed by atoms with Crippen LogP contribution in [0.5, 0.6) is 0 Å². The first-order valence-electron chi connectivity index (χ1n) is 4.82. The van der Waals surface area contributed by atoms with E-state index in [1.807, 2.05) is 24.3 Å². The van der Waals surface area contributed by atoms with Gasteiger partial charge in [0.25, 0.3) is 0 Å². The number of hydrogen-bond donors (Lipinski definition) is 2. The fourth-order valence-corrected chi connectivity index (χ4v) is 1.59. The summed E-state index contributed by atoms with van der Waals surface area (Å²) in [5, 5.41) is 8.26. The summed E-state index contributed by atoms with van der Waals surface area (Å²) in [6.07, 6.45) is 1.39. The summed E-state index contributed by atoms with van der Waals surface area (Å²) in [5.41, 5.74) is 3.35. The predicted octanol–water partition coefficient (Wildman–Crippen LogP) is 1.79. The topological polar surface area (TPSA) is 77.0 Å². The minimum atomic E-state index is 0.217. The Morgan fingerprint density at radius 3 is 2.75 bits per heavy atom. The van der Waals surface area contributed by atoms with E-state index in [0.29, 0.717) is 12.3 Å². The van der Waals surface area contributed by atoms with Crippen molar-refractivity contribution in [1.29, 1.82) is 0 Å². The number of hydrogen-bond acceptors (Lipinski definition) is 5. The lowest BCUT2D eigenvalue weighted by Gasteiger charge is -2.00. The molecular formula is C10H11ClN4O. The number of rotatable bonds is 4. The van der Waals surface area contributed by atoms with Gasteiger partial charge in [-0.15, -0.1) is 5.10 Å². The Morgan fingerprint density at radius 2 is 2.06 bits per heavy atom. The van der Waals surface area contributed by atoms with Gasteiger partial charge in [-0.3, -0.25) is 5.43 Å². The zero-order chi connectivity index (χ0) is 11.4. The van der Waals surface area contributed by atoms with E-state index in [4.69, 9.17) is 21.9 Å². The van der Waals surface area contributed by atoms with Gasteiger partial charge in [-0.05, 0) is 18.1 Å². The van der Waals surface area contributed by atoms with E-state index in [-0.39, 0.29) is 6.01 Å². The Kier molecular flexibility index (Phi) is 3.38. The Balaban J connectivity index is 1.99. The summed E-state index contributed by atoms with van der Waals surface area (Å²) in [7, 11) is 0. The number of aryl methyl sites for hydroxylation is 2. The standard InChI is InChI=1S/C10H11ClN4O/c11-8-4-2-1-3-7(8)5-6-9-14-15-10(13-12)16-9/h1-4H,5-6,12H2,(H,13,15). The summed E-state index contributed by atoms with van der Waals surface area (Å²) in [4.78, 5) is 0. The van der Waals surface area contributed by atoms with Crippen LogP contribution in [0.2, 0.25) is 5.02 Å². The van der Waals surface area contributed by atoms with Crippen LogP contribution in [0.1, 0.15) is 11.5 Å². The Labute approximate surface area is 97.6 Å². The third-order valence-corrected chi connectivity index (χ3v) is 2.53. The molecule has 0 spiro atoms. The maximum absolute atomic E-state index is 6.02. The normalized spacial score (nSPS) is 10.4. The quantitative estimate of drug-likeness (QED) is 0.627. The fourth-order valence-electron chi connectivity index (χ4n) is 1.36. The van der Waals surface area contributed by atoms with Crippen molar-refractivity contribution in [2.75, 3.05) is 5.43 Å². The van der Waals surface area contributed by atoms with Crippen LogP contribution >= 0.6 is 11.6 Å². The molecule has 0 amide bonds. The first-order chi connectivity index (χ1) is 7.79. The molecule has 2 rings (SSSR count). The molecule has 84 valence electrons. The molecule has 1 aromatic heterocycles. The second-order valence-electron chi connectivity index (χ2n) is 3.24. The average Bonchev–Trinajstić information content (AvgIpc) is 2.76. The third kappa shape index (κ3) is 2.50. The smallest absolute Gasteiger partial charge is 0.330 e. The first kappa shape index (κ1) is 10.9. The summed E-state index contributed by atoms with van der Waals surface area (Å²) in [6.45, 7) is 0. The van der Waals surface area contributed by atoms with Gasteiger partial charge in [0.1, 0.15) is 0 Å². The number of nitrogens with two attached hydrogens (primary N) is 1. The lowest BCUT2D eigenvalue weighted by atomic mass is 10.1. The van der Waals surface area contributed by atoms with Crippen LogP contribution in [0.25, 0.3) is 0 Å². The largest absolute Gasteiger partial charge is 0.407 e. The van der Waals surface area contributed by atoms with Gasteiger partial charge < -0.3 is 4.42 Å². The Morgan fingerprint density at radius 1 is 1.25 bits per heavy atom. The highest BCUT2D eigenvalue weighted by molar-refractivity contribution is 6.31. The molecule has 0 radical (unpaired) electrons. The van der Waals surface area contributed by atoms with Crippen molar-refractivity contribution in [2.45, 2.75) is 12.8 Å². The van der Waals surface area contributed by atoms with E-state index in [0.717, 1.165) is 17.0 Å². The molecule has 0 saturated carbocycles. The second-order valence-corrected chi connectivity index (χ2v) is 3.64. The lowest BCUT2D eigenvalue weighted by molar-refractivity contribution is 0.504. The molecule has 6 heteroatoms. The highest BCUT2D eigenvalue weighted by Gasteiger charge is 2.06. The predicted molar refractivity (Wildman–Crippen MR) is 61.0 cm³/mol. The van der Waals surface area contributed by atoms with Gasteiger partial charge in [-0.1, -0.05) is 34.9 Å². The van der Waals surface area contributed by atoms with E-state index in [1.54, 1.807) is 0 Å². The summed E-state index contributed by atoms with van der Waals surface area (Å²) in [5.74, 6) is 5.66. The van der Waals surface area contributed by atoms with Crippen molar-refractivity contribution in [3.05, 3.63) is 40.7 Å². The van der Waals surface area contributed by atoms with Crippen molar-refractivity contribution in [1.82, 2.24) is 10.2 Å². The molecule has 0 atom stereocenters. The van der Waals surface area contributed by atoms with Gasteiger partial charge in [0.2, 0.25) is 5.89 Å². The number of benzene rings is 1. The Bertz CT molecular complexity index is 471. The zero-order valence-corrected chi connectivity index (χ0v) is 9.24. The molecule has 16 heavy (non-hydrogen) atoms. The molecule has 3 N–H and O–H groups in total. The fraction of sp³-hybridized carbons (Fsp3) is 0.200. The number of aromatic nitrogens is 2. The molecule has 0 fully saturated rings. The van der Waals surface area contributed by atoms with Crippen molar-refractivity contribution < 1.29 is 4.42 Å². The maximum atomic E-state index is 6.02. The van der Waals surface area contributed by atoms with Crippen LogP contribution in [0, 0.1) is 0 Å². The second kappa shape index (κ2) is 4.96. The number of nitrogen functional groups attached to an aromatic ring is 1. The van der Waals surface area contributed by atoms with E-state index < -0.39 is 0 Å². The Hall–Kier alpha value is -1.59. The lowest BCUT2D eigenvalue weighted by Crippen LogP contribution is -2.06. The first-order valence-corrected chi connectivity index (χ1v) is 5.20.